The number of ether oxygens (including phenoxy) is 1. The highest BCUT2D eigenvalue weighted by atomic mass is 16.5. The van der Waals surface area contributed by atoms with Crippen molar-refractivity contribution in [3.8, 4) is 12.1 Å². The van der Waals surface area contributed by atoms with Crippen LogP contribution in [0.1, 0.15) is 54.5 Å². The lowest BCUT2D eigenvalue weighted by Crippen LogP contribution is -2.51. The normalized spacial score (nSPS) is 28.1. The van der Waals surface area contributed by atoms with Gasteiger partial charge in [-0.3, -0.25) is 0 Å². The van der Waals surface area contributed by atoms with Crippen molar-refractivity contribution in [2.45, 2.75) is 68.9 Å². The molecular formula is C28H36N6O. The molecule has 2 saturated heterocycles. The van der Waals surface area contributed by atoms with Crippen LogP contribution in [0.25, 0.3) is 0 Å². The molecule has 2 aliphatic heterocycles. The summed E-state index contributed by atoms with van der Waals surface area (Å²) in [4.78, 5) is 14.8. The number of benzene rings is 1. The van der Waals surface area contributed by atoms with Gasteiger partial charge in [0, 0.05) is 42.7 Å². The highest BCUT2D eigenvalue weighted by Gasteiger charge is 2.43. The summed E-state index contributed by atoms with van der Waals surface area (Å²) in [5.74, 6) is 1.04. The Labute approximate surface area is 208 Å². The zero-order chi connectivity index (χ0) is 23.8. The van der Waals surface area contributed by atoms with E-state index in [1.54, 1.807) is 0 Å². The minimum absolute atomic E-state index is 0.174. The van der Waals surface area contributed by atoms with Crippen LogP contribution in [-0.4, -0.2) is 66.8 Å². The van der Waals surface area contributed by atoms with E-state index >= 15 is 0 Å². The predicted molar refractivity (Wildman–Crippen MR) is 136 cm³/mol. The Morgan fingerprint density at radius 1 is 1.20 bits per heavy atom. The van der Waals surface area contributed by atoms with Gasteiger partial charge in [-0.25, -0.2) is 0 Å². The average Bonchev–Trinajstić information content (AvgIpc) is 3.46. The molecule has 2 fully saturated rings. The Kier molecular flexibility index (Phi) is 6.11. The number of piperazine rings is 1. The van der Waals surface area contributed by atoms with Crippen molar-refractivity contribution in [2.24, 2.45) is 0 Å². The number of rotatable bonds is 5. The highest BCUT2D eigenvalue weighted by Crippen LogP contribution is 2.48. The third-order valence-electron chi connectivity index (χ3n) is 8.84. The SMILES string of the molecule is CN1CCC[C@H]1COc1nc2c(c(N3CCN[C@@H](CC#N)C3)n1)CCC1(CCc3ccccc31)C2. The van der Waals surface area contributed by atoms with E-state index in [0.29, 0.717) is 25.1 Å². The molecule has 0 bridgehead atoms. The highest BCUT2D eigenvalue weighted by molar-refractivity contribution is 5.54. The molecule has 0 saturated carbocycles. The molecule has 2 aliphatic carbocycles. The quantitative estimate of drug-likeness (QED) is 0.717. The van der Waals surface area contributed by atoms with E-state index < -0.39 is 0 Å². The van der Waals surface area contributed by atoms with Gasteiger partial charge in [0.05, 0.1) is 18.2 Å². The minimum Gasteiger partial charge on any atom is -0.462 e. The molecule has 0 amide bonds. The maximum Gasteiger partial charge on any atom is 0.318 e. The summed E-state index contributed by atoms with van der Waals surface area (Å²) >= 11 is 0. The van der Waals surface area contributed by atoms with E-state index in [1.165, 1.54) is 41.6 Å². The van der Waals surface area contributed by atoms with Gasteiger partial charge in [-0.2, -0.15) is 15.2 Å². The average molecular weight is 473 g/mol. The monoisotopic (exact) mass is 472 g/mol. The van der Waals surface area contributed by atoms with Gasteiger partial charge in [-0.05, 0) is 69.7 Å². The van der Waals surface area contributed by atoms with Crippen molar-refractivity contribution in [3.63, 3.8) is 0 Å². The molecule has 3 heterocycles. The van der Waals surface area contributed by atoms with Crippen LogP contribution < -0.4 is 15.0 Å². The summed E-state index contributed by atoms with van der Waals surface area (Å²) in [6.45, 7) is 4.33. The number of anilines is 1. The molecule has 7 heteroatoms. The lowest BCUT2D eigenvalue weighted by Gasteiger charge is -2.39. The fourth-order valence-corrected chi connectivity index (χ4v) is 6.83. The van der Waals surface area contributed by atoms with E-state index in [4.69, 9.17) is 14.7 Å². The third kappa shape index (κ3) is 4.28. The number of likely N-dealkylation sites (tertiary alicyclic amines) is 1. The molecule has 1 spiro atoms. The number of nitrogens with zero attached hydrogens (tertiary/aromatic N) is 5. The second kappa shape index (κ2) is 9.40. The van der Waals surface area contributed by atoms with E-state index in [9.17, 15) is 5.26 Å². The fraction of sp³-hybridized carbons (Fsp3) is 0.607. The van der Waals surface area contributed by atoms with Gasteiger partial charge >= 0.3 is 6.01 Å². The van der Waals surface area contributed by atoms with Crippen molar-refractivity contribution in [2.75, 3.05) is 44.7 Å². The van der Waals surface area contributed by atoms with Crippen molar-refractivity contribution in [1.82, 2.24) is 20.2 Å². The standard InChI is InChI=1S/C28H36N6O/c1-33-15-4-6-22(33)19-35-27-31-25-17-28(11-8-20-5-2-3-7-24(20)28)12-9-23(25)26(32-27)34-16-14-30-21(18-34)10-13-29/h2-3,5,7,21-22,30H,4,6,8-12,14-19H2,1H3/t21-,22-,28?/m0/s1. The zero-order valence-electron chi connectivity index (χ0n) is 20.8. The molecule has 35 heavy (non-hydrogen) atoms. The Bertz CT molecular complexity index is 1130. The molecule has 4 aliphatic rings. The van der Waals surface area contributed by atoms with Crippen LogP contribution in [0.3, 0.4) is 0 Å². The molecule has 2 aromatic rings. The topological polar surface area (TPSA) is 77.3 Å². The molecule has 1 aromatic carbocycles. The Morgan fingerprint density at radius 3 is 2.94 bits per heavy atom. The fourth-order valence-electron chi connectivity index (χ4n) is 6.83. The number of nitrogens with one attached hydrogen (secondary N) is 1. The second-order valence-electron chi connectivity index (χ2n) is 10.9. The van der Waals surface area contributed by atoms with Gasteiger partial charge in [0.1, 0.15) is 12.4 Å². The van der Waals surface area contributed by atoms with Crippen molar-refractivity contribution in [3.05, 3.63) is 46.6 Å². The first-order valence-corrected chi connectivity index (χ1v) is 13.3. The summed E-state index contributed by atoms with van der Waals surface area (Å²) in [6.07, 6.45) is 8.38. The van der Waals surface area contributed by atoms with Crippen molar-refractivity contribution in [1.29, 1.82) is 5.26 Å². The van der Waals surface area contributed by atoms with Crippen LogP contribution in [0.5, 0.6) is 6.01 Å². The van der Waals surface area contributed by atoms with Crippen molar-refractivity contribution < 1.29 is 4.74 Å². The lowest BCUT2D eigenvalue weighted by molar-refractivity contribution is 0.186. The van der Waals surface area contributed by atoms with Crippen LogP contribution >= 0.6 is 0 Å². The summed E-state index contributed by atoms with van der Waals surface area (Å²) in [7, 11) is 2.18. The largest absolute Gasteiger partial charge is 0.462 e. The molecule has 1 aromatic heterocycles. The van der Waals surface area contributed by atoms with Crippen LogP contribution in [0, 0.1) is 11.3 Å². The van der Waals surface area contributed by atoms with Gasteiger partial charge in [0.15, 0.2) is 0 Å². The second-order valence-corrected chi connectivity index (χ2v) is 10.9. The van der Waals surface area contributed by atoms with E-state index in [0.717, 1.165) is 57.7 Å². The number of aromatic nitrogens is 2. The van der Waals surface area contributed by atoms with Gasteiger partial charge in [-0.1, -0.05) is 24.3 Å². The summed E-state index contributed by atoms with van der Waals surface area (Å²) in [5.41, 5.74) is 5.68. The van der Waals surface area contributed by atoms with Gasteiger partial charge in [0.2, 0.25) is 0 Å². The number of hydrogen-bond donors (Lipinski definition) is 1. The lowest BCUT2D eigenvalue weighted by atomic mass is 9.69. The number of fused-ring (bicyclic) bond motifs is 3. The number of aryl methyl sites for hydroxylation is 1. The molecule has 3 atom stereocenters. The van der Waals surface area contributed by atoms with E-state index in [1.807, 2.05) is 0 Å². The van der Waals surface area contributed by atoms with Crippen LogP contribution in [0.15, 0.2) is 24.3 Å². The number of likely N-dealkylation sites (N-methyl/N-ethyl adjacent to an activating group) is 1. The first kappa shape index (κ1) is 22.8. The number of hydrogen-bond acceptors (Lipinski definition) is 7. The Morgan fingerprint density at radius 2 is 2.09 bits per heavy atom. The van der Waals surface area contributed by atoms with Gasteiger partial charge in [0.25, 0.3) is 0 Å². The van der Waals surface area contributed by atoms with Gasteiger partial charge < -0.3 is 19.9 Å². The molecule has 184 valence electrons. The summed E-state index contributed by atoms with van der Waals surface area (Å²) in [6, 6.07) is 12.5. The first-order valence-electron chi connectivity index (χ1n) is 13.3. The van der Waals surface area contributed by atoms with Crippen molar-refractivity contribution >= 4 is 5.82 Å². The third-order valence-corrected chi connectivity index (χ3v) is 8.84. The van der Waals surface area contributed by atoms with Crippen LogP contribution in [0.4, 0.5) is 5.82 Å². The Hall–Kier alpha value is -2.69. The summed E-state index contributed by atoms with van der Waals surface area (Å²) in [5, 5.41) is 12.7. The summed E-state index contributed by atoms with van der Waals surface area (Å²) < 4.78 is 6.29. The molecular weight excluding hydrogens is 436 g/mol. The van der Waals surface area contributed by atoms with Crippen LogP contribution in [-0.2, 0) is 24.7 Å². The van der Waals surface area contributed by atoms with Gasteiger partial charge in [-0.15, -0.1) is 0 Å². The van der Waals surface area contributed by atoms with E-state index in [2.05, 4.69) is 52.5 Å². The minimum atomic E-state index is 0.174. The van der Waals surface area contributed by atoms with Crippen LogP contribution in [0.2, 0.25) is 0 Å². The predicted octanol–water partition coefficient (Wildman–Crippen LogP) is 3.01. The zero-order valence-corrected chi connectivity index (χ0v) is 20.8. The molecule has 6 rings (SSSR count). The first-order chi connectivity index (χ1) is 17.1. The maximum atomic E-state index is 9.25. The van der Waals surface area contributed by atoms with E-state index in [-0.39, 0.29) is 11.5 Å². The Balaban J connectivity index is 1.33. The molecule has 1 unspecified atom stereocenters. The maximum absolute atomic E-state index is 9.25. The molecule has 0 radical (unpaired) electrons. The molecule has 1 N–H and O–H groups in total. The smallest absolute Gasteiger partial charge is 0.318 e. The molecule has 7 nitrogen and oxygen atoms in total. The number of nitriles is 1.